The van der Waals surface area contributed by atoms with E-state index in [4.69, 9.17) is 16.3 Å². The summed E-state index contributed by atoms with van der Waals surface area (Å²) in [5.41, 5.74) is -0.0645. The van der Waals surface area contributed by atoms with Crippen LogP contribution in [0.25, 0.3) is 5.82 Å². The number of pyridine rings is 1. The third-order valence-electron chi connectivity index (χ3n) is 4.47. The minimum Gasteiger partial charge on any atom is -0.473 e. The molecular weight excluding hydrogens is 416 g/mol. The van der Waals surface area contributed by atoms with Gasteiger partial charge in [0.15, 0.2) is 5.82 Å². The number of hydrogen-bond donors (Lipinski definition) is 1. The molecule has 1 aliphatic rings. The van der Waals surface area contributed by atoms with Gasteiger partial charge in [-0.2, -0.15) is 0 Å². The fourth-order valence-corrected chi connectivity index (χ4v) is 3.88. The minimum atomic E-state index is -4.01. The highest BCUT2D eigenvalue weighted by molar-refractivity contribution is 7.90. The van der Waals surface area contributed by atoms with Crippen molar-refractivity contribution in [1.82, 2.24) is 19.5 Å². The smallest absolute Gasteiger partial charge is 0.268 e. The Labute approximate surface area is 172 Å². The molecule has 1 amide bonds. The molecule has 2 atom stereocenters. The van der Waals surface area contributed by atoms with E-state index >= 15 is 0 Å². The van der Waals surface area contributed by atoms with E-state index in [0.717, 1.165) is 6.42 Å². The fraction of sp³-hybridized carbons (Fsp3) is 0.211. The predicted molar refractivity (Wildman–Crippen MR) is 106 cm³/mol. The molecule has 1 fully saturated rings. The number of halogens is 1. The number of nitrogens with one attached hydrogen (secondary N) is 1. The third kappa shape index (κ3) is 4.25. The molecule has 2 aromatic heterocycles. The van der Waals surface area contributed by atoms with Crippen LogP contribution in [0, 0.1) is 5.92 Å². The van der Waals surface area contributed by atoms with Gasteiger partial charge in [0.25, 0.3) is 15.9 Å². The number of rotatable bonds is 6. The molecular formula is C19H17ClN4O4S. The average Bonchev–Trinajstić information content (AvgIpc) is 3.18. The topological polar surface area (TPSA) is 103 Å². The van der Waals surface area contributed by atoms with Crippen LogP contribution in [0.4, 0.5) is 0 Å². The van der Waals surface area contributed by atoms with Crippen molar-refractivity contribution in [2.24, 2.45) is 5.92 Å². The Morgan fingerprint density at radius 2 is 1.93 bits per heavy atom. The quantitative estimate of drug-likeness (QED) is 0.601. The van der Waals surface area contributed by atoms with Gasteiger partial charge >= 0.3 is 0 Å². The molecule has 0 bridgehead atoms. The summed E-state index contributed by atoms with van der Waals surface area (Å²) in [6.45, 7) is 2.10. The first-order chi connectivity index (χ1) is 13.8. The molecule has 29 heavy (non-hydrogen) atoms. The number of carbonyl (C=O) groups is 1. The van der Waals surface area contributed by atoms with Gasteiger partial charge in [0.1, 0.15) is 11.3 Å². The Hall–Kier alpha value is -2.91. The summed E-state index contributed by atoms with van der Waals surface area (Å²) in [5, 5.41) is 4.15. The van der Waals surface area contributed by atoms with Crippen LogP contribution < -0.4 is 9.46 Å². The first-order valence-electron chi connectivity index (χ1n) is 8.85. The fourth-order valence-electron chi connectivity index (χ4n) is 2.66. The number of carbonyl (C=O) groups excluding carboxylic acids is 1. The molecule has 1 aromatic carbocycles. The van der Waals surface area contributed by atoms with E-state index in [2.05, 4.69) is 17.0 Å². The zero-order valence-corrected chi connectivity index (χ0v) is 16.9. The van der Waals surface area contributed by atoms with Gasteiger partial charge in [-0.3, -0.25) is 4.79 Å². The molecule has 8 nitrogen and oxygen atoms in total. The van der Waals surface area contributed by atoms with Gasteiger partial charge in [-0.25, -0.2) is 22.8 Å². The van der Waals surface area contributed by atoms with Crippen molar-refractivity contribution < 1.29 is 17.9 Å². The molecule has 3 aromatic rings. The van der Waals surface area contributed by atoms with Crippen molar-refractivity contribution in [1.29, 1.82) is 0 Å². The highest BCUT2D eigenvalue weighted by atomic mass is 35.5. The normalized spacial score (nSPS) is 18.3. The molecule has 0 radical (unpaired) electrons. The number of ether oxygens (including phenoxy) is 1. The van der Waals surface area contributed by atoms with Crippen LogP contribution in [-0.2, 0) is 10.0 Å². The summed E-state index contributed by atoms with van der Waals surface area (Å²) >= 11 is 6.13. The molecule has 1 N–H and O–H groups in total. The van der Waals surface area contributed by atoms with E-state index in [1.54, 1.807) is 30.5 Å². The number of nitrogens with zero attached hydrogens (tertiary/aromatic N) is 3. The first-order valence-corrected chi connectivity index (χ1v) is 10.7. The average molecular weight is 433 g/mol. The molecule has 0 spiro atoms. The molecule has 0 saturated heterocycles. The van der Waals surface area contributed by atoms with Gasteiger partial charge < -0.3 is 4.74 Å². The molecule has 1 saturated carbocycles. The second kappa shape index (κ2) is 7.49. The van der Waals surface area contributed by atoms with Gasteiger partial charge in [-0.15, -0.1) is 5.10 Å². The second-order valence-corrected chi connectivity index (χ2v) is 8.76. The lowest BCUT2D eigenvalue weighted by Gasteiger charge is -2.09. The van der Waals surface area contributed by atoms with Gasteiger partial charge in [0, 0.05) is 12.3 Å². The first kappa shape index (κ1) is 19.4. The summed E-state index contributed by atoms with van der Waals surface area (Å²) < 4.78 is 33.8. The van der Waals surface area contributed by atoms with Crippen molar-refractivity contribution in [2.75, 3.05) is 0 Å². The van der Waals surface area contributed by atoms with Gasteiger partial charge in [0.05, 0.1) is 10.5 Å². The lowest BCUT2D eigenvalue weighted by Crippen LogP contribution is -2.31. The van der Waals surface area contributed by atoms with Crippen molar-refractivity contribution in [3.05, 3.63) is 65.4 Å². The largest absolute Gasteiger partial charge is 0.473 e. The van der Waals surface area contributed by atoms with Gasteiger partial charge in [-0.1, -0.05) is 36.7 Å². The van der Waals surface area contributed by atoms with Crippen LogP contribution >= 0.6 is 11.6 Å². The maximum absolute atomic E-state index is 12.4. The lowest BCUT2D eigenvalue weighted by molar-refractivity contribution is 0.0981. The standard InChI is InChI=1S/C19H17ClN4O4S/c1-12-11-15(12)28-17-9-10-24(22-17)16-8-7-14(18(20)21-16)19(25)23-29(26,27)13-5-3-2-4-6-13/h2-10,12,15H,11H2,1H3,(H,23,25)/t12-,15+/m1/s1. The minimum absolute atomic E-state index is 0.0249. The summed E-state index contributed by atoms with van der Waals surface area (Å²) in [4.78, 5) is 16.5. The van der Waals surface area contributed by atoms with Crippen molar-refractivity contribution in [3.8, 4) is 11.7 Å². The molecule has 10 heteroatoms. The van der Waals surface area contributed by atoms with E-state index in [0.29, 0.717) is 17.6 Å². The number of aromatic nitrogens is 3. The SMILES string of the molecule is C[C@@H]1C[C@@H]1Oc1ccn(-c2ccc(C(=O)NS(=O)(=O)c3ccccc3)c(Cl)n2)n1. The Balaban J connectivity index is 1.50. The molecule has 1 aliphatic carbocycles. The third-order valence-corrected chi connectivity index (χ3v) is 6.10. The molecule has 4 rings (SSSR count). The van der Waals surface area contributed by atoms with Crippen molar-refractivity contribution in [2.45, 2.75) is 24.3 Å². The molecule has 0 unspecified atom stereocenters. The molecule has 0 aliphatic heterocycles. The number of amides is 1. The van der Waals surface area contributed by atoms with Crippen LogP contribution in [0.2, 0.25) is 5.15 Å². The zero-order chi connectivity index (χ0) is 20.6. The van der Waals surface area contributed by atoms with Crippen LogP contribution in [0.1, 0.15) is 23.7 Å². The van der Waals surface area contributed by atoms with Crippen molar-refractivity contribution in [3.63, 3.8) is 0 Å². The van der Waals surface area contributed by atoms with Gasteiger partial charge in [0.2, 0.25) is 5.88 Å². The van der Waals surface area contributed by atoms with E-state index in [-0.39, 0.29) is 21.7 Å². The van der Waals surface area contributed by atoms with E-state index in [1.807, 2.05) is 4.72 Å². The summed E-state index contributed by atoms with van der Waals surface area (Å²) in [6, 6.07) is 12.2. The maximum atomic E-state index is 12.4. The predicted octanol–water partition coefficient (Wildman–Crippen LogP) is 2.83. The van der Waals surface area contributed by atoms with Gasteiger partial charge in [-0.05, 0) is 36.6 Å². The highest BCUT2D eigenvalue weighted by Gasteiger charge is 2.35. The lowest BCUT2D eigenvalue weighted by atomic mass is 10.3. The van der Waals surface area contributed by atoms with E-state index in [1.165, 1.54) is 28.9 Å². The van der Waals surface area contributed by atoms with Crippen LogP contribution in [0.3, 0.4) is 0 Å². The zero-order valence-electron chi connectivity index (χ0n) is 15.3. The number of benzene rings is 1. The Morgan fingerprint density at radius 3 is 2.59 bits per heavy atom. The molecule has 2 heterocycles. The summed E-state index contributed by atoms with van der Waals surface area (Å²) in [7, 11) is -4.01. The highest BCUT2D eigenvalue weighted by Crippen LogP contribution is 2.33. The molecule has 150 valence electrons. The Morgan fingerprint density at radius 1 is 1.21 bits per heavy atom. The Kier molecular flexibility index (Phi) is 5.01. The second-order valence-electron chi connectivity index (χ2n) is 6.72. The van der Waals surface area contributed by atoms with Crippen LogP contribution in [-0.4, -0.2) is 35.2 Å². The van der Waals surface area contributed by atoms with E-state index < -0.39 is 15.9 Å². The van der Waals surface area contributed by atoms with Crippen LogP contribution in [0.5, 0.6) is 5.88 Å². The Bertz CT molecular complexity index is 1160. The monoisotopic (exact) mass is 432 g/mol. The van der Waals surface area contributed by atoms with E-state index in [9.17, 15) is 13.2 Å². The maximum Gasteiger partial charge on any atom is 0.268 e. The number of sulfonamides is 1. The summed E-state index contributed by atoms with van der Waals surface area (Å²) in [6.07, 6.45) is 2.86. The number of hydrogen-bond acceptors (Lipinski definition) is 6. The van der Waals surface area contributed by atoms with Crippen molar-refractivity contribution >= 4 is 27.5 Å². The summed E-state index contributed by atoms with van der Waals surface area (Å²) in [5.74, 6) is 0.506. The van der Waals surface area contributed by atoms with Crippen LogP contribution in [0.15, 0.2) is 59.6 Å².